The van der Waals surface area contributed by atoms with E-state index in [1.54, 1.807) is 12.1 Å². The summed E-state index contributed by atoms with van der Waals surface area (Å²) in [5.41, 5.74) is 1.58. The summed E-state index contributed by atoms with van der Waals surface area (Å²) >= 11 is 0. The number of rotatable bonds is 5. The number of benzene rings is 2. The van der Waals surface area contributed by atoms with E-state index in [4.69, 9.17) is 4.74 Å². The van der Waals surface area contributed by atoms with Gasteiger partial charge in [-0.2, -0.15) is 0 Å². The lowest BCUT2D eigenvalue weighted by Crippen LogP contribution is -3.00. The van der Waals surface area contributed by atoms with E-state index in [1.807, 2.05) is 36.4 Å². The molecule has 1 fully saturated rings. The maximum Gasteiger partial charge on any atom is 0.407 e. The van der Waals surface area contributed by atoms with Crippen LogP contribution in [0.1, 0.15) is 24.5 Å². The normalized spacial score (nSPS) is 21.8. The van der Waals surface area contributed by atoms with Gasteiger partial charge in [0.25, 0.3) is 0 Å². The smallest absolute Gasteiger partial charge is 0.407 e. The number of carbonyl (C=O) groups is 1. The molecule has 1 heterocycles. The standard InChI is InChI=1S/C21H25FN2O2.ClH/c1-16-10-11-23-14-21(16,18-8-5-9-19(22)12-18)15-24-20(25)26-13-17-6-3-2-4-7-17;/h2-9,12,16,23H,10-11,13-15H2,1H3,(H,24,25);1H. The molecular formula is C21H26ClFN2O2. The molecule has 2 atom stereocenters. The number of hydrogen-bond donors (Lipinski definition) is 2. The predicted molar refractivity (Wildman–Crippen MR) is 98.1 cm³/mol. The van der Waals surface area contributed by atoms with Crippen LogP contribution in [0.2, 0.25) is 0 Å². The van der Waals surface area contributed by atoms with Gasteiger partial charge in [-0.05, 0) is 29.2 Å². The molecule has 1 aliphatic rings. The number of hydrogen-bond acceptors (Lipinski definition) is 2. The summed E-state index contributed by atoms with van der Waals surface area (Å²) in [5, 5.41) is 5.15. The molecule has 0 aromatic heterocycles. The lowest BCUT2D eigenvalue weighted by Gasteiger charge is -2.41. The van der Waals surface area contributed by atoms with Crippen LogP contribution in [0.5, 0.6) is 0 Å². The Labute approximate surface area is 165 Å². The van der Waals surface area contributed by atoms with E-state index < -0.39 is 6.09 Å². The van der Waals surface area contributed by atoms with Gasteiger partial charge in [0.2, 0.25) is 0 Å². The van der Waals surface area contributed by atoms with Gasteiger partial charge >= 0.3 is 6.09 Å². The van der Waals surface area contributed by atoms with E-state index in [0.29, 0.717) is 12.5 Å². The molecule has 27 heavy (non-hydrogen) atoms. The van der Waals surface area contributed by atoms with Gasteiger partial charge in [-0.25, -0.2) is 9.18 Å². The largest absolute Gasteiger partial charge is 1.00 e. The number of carbonyl (C=O) groups excluding carboxylic acids is 1. The molecule has 3 N–H and O–H groups in total. The van der Waals surface area contributed by atoms with E-state index in [0.717, 1.165) is 30.6 Å². The maximum atomic E-state index is 13.8. The zero-order valence-corrected chi connectivity index (χ0v) is 16.2. The van der Waals surface area contributed by atoms with Gasteiger partial charge in [0.05, 0.1) is 18.5 Å². The van der Waals surface area contributed by atoms with Crippen molar-refractivity contribution in [2.45, 2.75) is 25.4 Å². The van der Waals surface area contributed by atoms with Gasteiger partial charge in [-0.1, -0.05) is 49.4 Å². The SMILES string of the molecule is CC1CC[NH2+]CC1(CNC(=O)OCc1ccccc1)c1cccc(F)c1.[Cl-]. The van der Waals surface area contributed by atoms with E-state index >= 15 is 0 Å². The monoisotopic (exact) mass is 392 g/mol. The summed E-state index contributed by atoms with van der Waals surface area (Å²) in [5.74, 6) is 0.0926. The number of ether oxygens (including phenoxy) is 1. The fraction of sp³-hybridized carbons (Fsp3) is 0.381. The summed E-state index contributed by atoms with van der Waals surface area (Å²) in [6.45, 7) is 4.71. The summed E-state index contributed by atoms with van der Waals surface area (Å²) in [7, 11) is 0. The van der Waals surface area contributed by atoms with Crippen molar-refractivity contribution in [3.8, 4) is 0 Å². The molecule has 0 radical (unpaired) electrons. The lowest BCUT2D eigenvalue weighted by atomic mass is 9.67. The van der Waals surface area contributed by atoms with Crippen LogP contribution in [0.25, 0.3) is 0 Å². The van der Waals surface area contributed by atoms with Crippen LogP contribution < -0.4 is 23.0 Å². The van der Waals surface area contributed by atoms with Crippen LogP contribution >= 0.6 is 0 Å². The summed E-state index contributed by atoms with van der Waals surface area (Å²) in [4.78, 5) is 12.2. The van der Waals surface area contributed by atoms with Crippen LogP contribution in [0.15, 0.2) is 54.6 Å². The number of quaternary nitrogens is 1. The minimum atomic E-state index is -0.442. The Morgan fingerprint density at radius 2 is 2.04 bits per heavy atom. The third-order valence-corrected chi connectivity index (χ3v) is 5.42. The molecule has 2 aromatic rings. The van der Waals surface area contributed by atoms with Crippen LogP contribution in [0.3, 0.4) is 0 Å². The van der Waals surface area contributed by atoms with Gasteiger partial charge in [-0.3, -0.25) is 0 Å². The first-order valence-corrected chi connectivity index (χ1v) is 9.12. The minimum Gasteiger partial charge on any atom is -1.00 e. The van der Waals surface area contributed by atoms with E-state index in [1.165, 1.54) is 6.07 Å². The Kier molecular flexibility index (Phi) is 7.63. The van der Waals surface area contributed by atoms with Gasteiger partial charge in [-0.15, -0.1) is 0 Å². The zero-order valence-electron chi connectivity index (χ0n) is 15.5. The summed E-state index contributed by atoms with van der Waals surface area (Å²) in [6.07, 6.45) is 0.583. The molecule has 2 aromatic carbocycles. The van der Waals surface area contributed by atoms with Crippen molar-refractivity contribution in [3.05, 3.63) is 71.5 Å². The van der Waals surface area contributed by atoms with Crippen molar-refractivity contribution in [2.24, 2.45) is 5.92 Å². The second-order valence-corrected chi connectivity index (χ2v) is 7.05. The third-order valence-electron chi connectivity index (χ3n) is 5.42. The van der Waals surface area contributed by atoms with E-state index in [9.17, 15) is 9.18 Å². The Hall–Kier alpha value is -2.11. The Morgan fingerprint density at radius 1 is 1.26 bits per heavy atom. The van der Waals surface area contributed by atoms with E-state index in [-0.39, 0.29) is 30.2 Å². The number of nitrogens with two attached hydrogens (primary N) is 1. The molecule has 0 spiro atoms. The molecule has 2 unspecified atom stereocenters. The molecule has 0 bridgehead atoms. The third kappa shape index (κ3) is 5.21. The summed E-state index contributed by atoms with van der Waals surface area (Å²) in [6, 6.07) is 16.3. The molecular weight excluding hydrogens is 367 g/mol. The Balaban J connectivity index is 0.00000261. The van der Waals surface area contributed by atoms with Crippen LogP contribution in [-0.2, 0) is 16.8 Å². The highest BCUT2D eigenvalue weighted by molar-refractivity contribution is 5.67. The van der Waals surface area contributed by atoms with Crippen LogP contribution in [-0.4, -0.2) is 25.7 Å². The highest BCUT2D eigenvalue weighted by Crippen LogP contribution is 2.34. The average molecular weight is 393 g/mol. The first kappa shape index (κ1) is 21.2. The van der Waals surface area contributed by atoms with Crippen molar-refractivity contribution < 1.29 is 31.6 Å². The van der Waals surface area contributed by atoms with Crippen molar-refractivity contribution >= 4 is 6.09 Å². The molecule has 3 rings (SSSR count). The van der Waals surface area contributed by atoms with Gasteiger partial charge < -0.3 is 27.8 Å². The Bertz CT molecular complexity index is 744. The number of piperidine rings is 1. The second-order valence-electron chi connectivity index (χ2n) is 7.05. The fourth-order valence-corrected chi connectivity index (χ4v) is 3.76. The van der Waals surface area contributed by atoms with Gasteiger partial charge in [0, 0.05) is 13.0 Å². The molecule has 1 aliphatic heterocycles. The molecule has 0 aliphatic carbocycles. The Morgan fingerprint density at radius 3 is 2.74 bits per heavy atom. The van der Waals surface area contributed by atoms with E-state index in [2.05, 4.69) is 17.6 Å². The first-order valence-electron chi connectivity index (χ1n) is 9.12. The molecule has 4 nitrogen and oxygen atoms in total. The minimum absolute atomic E-state index is 0. The van der Waals surface area contributed by atoms with Crippen molar-refractivity contribution in [2.75, 3.05) is 19.6 Å². The van der Waals surface area contributed by atoms with Gasteiger partial charge in [0.1, 0.15) is 12.4 Å². The fourth-order valence-electron chi connectivity index (χ4n) is 3.76. The van der Waals surface area contributed by atoms with Crippen LogP contribution in [0.4, 0.5) is 9.18 Å². The topological polar surface area (TPSA) is 54.9 Å². The van der Waals surface area contributed by atoms with Crippen LogP contribution in [0, 0.1) is 11.7 Å². The number of nitrogens with one attached hydrogen (secondary N) is 1. The average Bonchev–Trinajstić information content (AvgIpc) is 2.67. The highest BCUT2D eigenvalue weighted by Gasteiger charge is 2.43. The maximum absolute atomic E-state index is 13.8. The quantitative estimate of drug-likeness (QED) is 0.727. The van der Waals surface area contributed by atoms with Gasteiger partial charge in [0.15, 0.2) is 0 Å². The predicted octanol–water partition coefficient (Wildman–Crippen LogP) is -0.403. The summed E-state index contributed by atoms with van der Waals surface area (Å²) < 4.78 is 19.1. The van der Waals surface area contributed by atoms with Crippen molar-refractivity contribution in [1.29, 1.82) is 0 Å². The number of alkyl carbamates (subject to hydrolysis) is 1. The van der Waals surface area contributed by atoms with Crippen molar-refractivity contribution in [3.63, 3.8) is 0 Å². The first-order chi connectivity index (χ1) is 12.6. The molecule has 6 heteroatoms. The molecule has 0 saturated carbocycles. The van der Waals surface area contributed by atoms with Crippen molar-refractivity contribution in [1.82, 2.24) is 5.32 Å². The highest BCUT2D eigenvalue weighted by atomic mass is 35.5. The second kappa shape index (κ2) is 9.72. The lowest BCUT2D eigenvalue weighted by molar-refractivity contribution is -0.673. The number of amides is 1. The molecule has 146 valence electrons. The zero-order chi connectivity index (χ0) is 18.4. The molecule has 1 saturated heterocycles. The number of halogens is 2. The molecule has 1 amide bonds.